The summed E-state index contributed by atoms with van der Waals surface area (Å²) in [6.07, 6.45) is 1.12. The van der Waals surface area contributed by atoms with Crippen molar-refractivity contribution in [3.8, 4) is 0 Å². The van der Waals surface area contributed by atoms with Crippen LogP contribution in [0.3, 0.4) is 0 Å². The zero-order valence-electron chi connectivity index (χ0n) is 5.28. The van der Waals surface area contributed by atoms with E-state index in [0.29, 0.717) is 12.2 Å². The molecule has 62 valence electrons. The highest BCUT2D eigenvalue weighted by Gasteiger charge is 1.88. The average Bonchev–Trinajstić information content (AvgIpc) is 1.89. The summed E-state index contributed by atoms with van der Waals surface area (Å²) in [7, 11) is 0. The van der Waals surface area contributed by atoms with Gasteiger partial charge in [-0.25, -0.2) is 9.59 Å². The van der Waals surface area contributed by atoms with Crippen LogP contribution in [0.2, 0.25) is 0 Å². The van der Waals surface area contributed by atoms with Crippen LogP contribution in [0.15, 0.2) is 25.3 Å². The van der Waals surface area contributed by atoms with Crippen LogP contribution in [0.1, 0.15) is 0 Å². The highest BCUT2D eigenvalue weighted by molar-refractivity contribution is 5.89. The zero-order valence-corrected chi connectivity index (χ0v) is 5.28. The molecule has 0 saturated carbocycles. The van der Waals surface area contributed by atoms with Gasteiger partial charge in [0, 0.05) is 12.2 Å². The van der Waals surface area contributed by atoms with Crippen LogP contribution < -0.4 is 0 Å². The van der Waals surface area contributed by atoms with Crippen LogP contribution in [0, 0.1) is 0 Å². The van der Waals surface area contributed by atoms with E-state index >= 15 is 0 Å². The van der Waals surface area contributed by atoms with Gasteiger partial charge in [-0.15, -0.1) is 13.2 Å². The van der Waals surface area contributed by atoms with Gasteiger partial charge in [-0.2, -0.15) is 0 Å². The molecule has 0 rings (SSSR count). The predicted molar refractivity (Wildman–Crippen MR) is 45.6 cm³/mol. The molecule has 0 unspecified atom stereocenters. The second kappa shape index (κ2) is 11.7. The molecule has 0 bridgehead atoms. The molecule has 0 aliphatic heterocycles. The van der Waals surface area contributed by atoms with Crippen molar-refractivity contribution >= 4 is 29.3 Å². The van der Waals surface area contributed by atoms with Gasteiger partial charge in [0.15, 0.2) is 17.4 Å². The van der Waals surface area contributed by atoms with Crippen LogP contribution in [0.25, 0.3) is 0 Å². The molecular weight excluding hydrogens is 163 g/mol. The Labute approximate surface area is 75.0 Å². The second-order valence-corrected chi connectivity index (χ2v) is 1.01. The predicted octanol–water partition coefficient (Wildman–Crippen LogP) is -0.670. The minimum atomic E-state index is -1.26. The molecule has 0 radical (unpaired) electrons. The van der Waals surface area contributed by atoms with Gasteiger partial charge in [-0.05, 0) is 0 Å². The maximum Gasteiger partial charge on any atom is 0.328 e. The van der Waals surface area contributed by atoms with E-state index < -0.39 is 11.9 Å². The molecule has 0 aliphatic rings. The van der Waals surface area contributed by atoms with Crippen molar-refractivity contribution in [3.05, 3.63) is 25.3 Å². The van der Waals surface area contributed by atoms with Crippen molar-refractivity contribution in [3.63, 3.8) is 0 Å². The van der Waals surface area contributed by atoms with Gasteiger partial charge in [0.1, 0.15) is 0 Å². The molecule has 11 heavy (non-hydrogen) atoms. The Hall–Kier alpha value is -1.05. The van der Waals surface area contributed by atoms with E-state index in [0.717, 1.165) is 0 Å². The SMILES string of the molecule is C=C.O=C(O)/C=C\C(=O)O.[AlH3]. The molecule has 0 heterocycles. The molecule has 0 spiro atoms. The molecule has 0 aromatic heterocycles. The van der Waals surface area contributed by atoms with Crippen LogP contribution in [-0.4, -0.2) is 39.5 Å². The van der Waals surface area contributed by atoms with Crippen LogP contribution >= 0.6 is 0 Å². The van der Waals surface area contributed by atoms with Crippen molar-refractivity contribution in [2.45, 2.75) is 0 Å². The Kier molecular flexibility index (Phi) is 17.6. The monoisotopic (exact) mass is 174 g/mol. The Morgan fingerprint density at radius 2 is 1.18 bits per heavy atom. The first kappa shape index (κ1) is 16.5. The largest absolute Gasteiger partial charge is 0.478 e. The fourth-order valence-electron chi connectivity index (χ4n) is 0.143. The van der Waals surface area contributed by atoms with Crippen molar-refractivity contribution in [2.75, 3.05) is 0 Å². The fraction of sp³-hybridized carbons (Fsp3) is 0. The van der Waals surface area contributed by atoms with Gasteiger partial charge >= 0.3 is 11.9 Å². The minimum Gasteiger partial charge on any atom is -0.478 e. The molecular formula is C6H11AlO4. The number of carboxylic acids is 2. The van der Waals surface area contributed by atoms with E-state index in [1.807, 2.05) is 0 Å². The Balaban J connectivity index is -0.000000196. The summed E-state index contributed by atoms with van der Waals surface area (Å²) in [4.78, 5) is 19.1. The zero-order chi connectivity index (χ0) is 8.57. The first-order chi connectivity index (χ1) is 4.63. The number of carboxylic acid groups (broad SMARTS) is 2. The number of aliphatic carboxylic acids is 2. The third-order valence-corrected chi connectivity index (χ3v) is 0.368. The van der Waals surface area contributed by atoms with Crippen LogP contribution in [0.4, 0.5) is 0 Å². The first-order valence-corrected chi connectivity index (χ1v) is 2.27. The maximum atomic E-state index is 9.55. The Morgan fingerprint density at radius 1 is 1.00 bits per heavy atom. The first-order valence-electron chi connectivity index (χ1n) is 2.27. The van der Waals surface area contributed by atoms with Crippen molar-refractivity contribution in [1.29, 1.82) is 0 Å². The van der Waals surface area contributed by atoms with Crippen molar-refractivity contribution in [1.82, 2.24) is 0 Å². The molecule has 0 amide bonds. The lowest BCUT2D eigenvalue weighted by Crippen LogP contribution is -1.91. The lowest BCUT2D eigenvalue weighted by atomic mass is 10.5. The third-order valence-electron chi connectivity index (χ3n) is 0.368. The van der Waals surface area contributed by atoms with E-state index in [2.05, 4.69) is 13.2 Å². The van der Waals surface area contributed by atoms with Gasteiger partial charge in [-0.3, -0.25) is 0 Å². The molecule has 0 saturated heterocycles. The molecule has 0 aliphatic carbocycles. The molecule has 0 fully saturated rings. The summed E-state index contributed by atoms with van der Waals surface area (Å²) in [5, 5.41) is 15.6. The normalized spacial score (nSPS) is 7.27. The van der Waals surface area contributed by atoms with Crippen LogP contribution in [0.5, 0.6) is 0 Å². The number of hydrogen-bond acceptors (Lipinski definition) is 2. The quantitative estimate of drug-likeness (QED) is 0.331. The fourth-order valence-corrected chi connectivity index (χ4v) is 0.143. The topological polar surface area (TPSA) is 74.6 Å². The van der Waals surface area contributed by atoms with E-state index in [1.54, 1.807) is 0 Å². The van der Waals surface area contributed by atoms with Gasteiger partial charge in [0.25, 0.3) is 0 Å². The summed E-state index contributed by atoms with van der Waals surface area (Å²) < 4.78 is 0. The second-order valence-electron chi connectivity index (χ2n) is 1.01. The van der Waals surface area contributed by atoms with E-state index in [1.165, 1.54) is 0 Å². The molecule has 2 N–H and O–H groups in total. The van der Waals surface area contributed by atoms with E-state index in [-0.39, 0.29) is 17.4 Å². The van der Waals surface area contributed by atoms with Gasteiger partial charge < -0.3 is 10.2 Å². The molecule has 0 aromatic rings. The molecule has 5 heteroatoms. The summed E-state index contributed by atoms with van der Waals surface area (Å²) >= 11 is 0. The number of carbonyl (C=O) groups is 2. The standard InChI is InChI=1S/C4H4O4.C2H4.Al.3H/c5-3(6)1-2-4(7)8;1-2;;;;/h1-2H,(H,5,6)(H,7,8);1-2H2;;;;/b2-1-;;;;;. The Bertz CT molecular complexity index is 137. The maximum absolute atomic E-state index is 9.55. The summed E-state index contributed by atoms with van der Waals surface area (Å²) in [6, 6.07) is 0. The lowest BCUT2D eigenvalue weighted by Gasteiger charge is -1.74. The van der Waals surface area contributed by atoms with Crippen molar-refractivity contribution < 1.29 is 19.8 Å². The third kappa shape index (κ3) is 27.7. The number of rotatable bonds is 2. The van der Waals surface area contributed by atoms with Gasteiger partial charge in [0.2, 0.25) is 0 Å². The smallest absolute Gasteiger partial charge is 0.328 e. The van der Waals surface area contributed by atoms with E-state index in [4.69, 9.17) is 10.2 Å². The molecule has 0 aromatic carbocycles. The molecule has 4 nitrogen and oxygen atoms in total. The summed E-state index contributed by atoms with van der Waals surface area (Å²) in [6.45, 7) is 6.00. The Morgan fingerprint density at radius 3 is 1.27 bits per heavy atom. The summed E-state index contributed by atoms with van der Waals surface area (Å²) in [5.41, 5.74) is 0. The number of hydrogen-bond donors (Lipinski definition) is 2. The van der Waals surface area contributed by atoms with Gasteiger partial charge in [-0.1, -0.05) is 0 Å². The lowest BCUT2D eigenvalue weighted by molar-refractivity contribution is -0.134. The highest BCUT2D eigenvalue weighted by atomic mass is 27.0. The summed E-state index contributed by atoms with van der Waals surface area (Å²) in [5.74, 6) is -2.51. The van der Waals surface area contributed by atoms with E-state index in [9.17, 15) is 9.59 Å². The average molecular weight is 174 g/mol. The van der Waals surface area contributed by atoms with Crippen LogP contribution in [-0.2, 0) is 9.59 Å². The van der Waals surface area contributed by atoms with Crippen molar-refractivity contribution in [2.24, 2.45) is 0 Å². The minimum absolute atomic E-state index is 0. The highest BCUT2D eigenvalue weighted by Crippen LogP contribution is 1.70. The molecule has 0 atom stereocenters. The van der Waals surface area contributed by atoms with Gasteiger partial charge in [0.05, 0.1) is 0 Å².